The summed E-state index contributed by atoms with van der Waals surface area (Å²) in [6.45, 7) is 0.514. The van der Waals surface area contributed by atoms with Gasteiger partial charge in [0.2, 0.25) is 0 Å². The van der Waals surface area contributed by atoms with E-state index in [9.17, 15) is 5.11 Å². The van der Waals surface area contributed by atoms with Gasteiger partial charge in [0.1, 0.15) is 11.5 Å². The van der Waals surface area contributed by atoms with Gasteiger partial charge in [0.05, 0.1) is 19.4 Å². The zero-order valence-electron chi connectivity index (χ0n) is 13.8. The molecule has 0 heterocycles. The van der Waals surface area contributed by atoms with E-state index in [1.54, 1.807) is 13.2 Å². The van der Waals surface area contributed by atoms with Gasteiger partial charge < -0.3 is 9.84 Å². The van der Waals surface area contributed by atoms with Crippen molar-refractivity contribution in [3.63, 3.8) is 0 Å². The lowest BCUT2D eigenvalue weighted by Gasteiger charge is -2.10. The SMILES string of the molecule is COc1ccc(CN=C(c2ccccc2)c2cc(Br)ccc2O)cc1. The van der Waals surface area contributed by atoms with Crippen molar-refractivity contribution in [2.45, 2.75) is 6.54 Å². The summed E-state index contributed by atoms with van der Waals surface area (Å²) in [5.74, 6) is 1.03. The van der Waals surface area contributed by atoms with E-state index in [4.69, 9.17) is 9.73 Å². The normalized spacial score (nSPS) is 11.4. The highest BCUT2D eigenvalue weighted by Crippen LogP contribution is 2.25. The van der Waals surface area contributed by atoms with E-state index in [0.717, 1.165) is 27.1 Å². The van der Waals surface area contributed by atoms with Crippen molar-refractivity contribution in [3.8, 4) is 11.5 Å². The molecule has 0 amide bonds. The molecule has 0 saturated heterocycles. The third-order valence-corrected chi connectivity index (χ3v) is 4.33. The van der Waals surface area contributed by atoms with Gasteiger partial charge in [-0.3, -0.25) is 4.99 Å². The molecule has 0 aromatic heterocycles. The minimum Gasteiger partial charge on any atom is -0.507 e. The van der Waals surface area contributed by atoms with Crippen LogP contribution in [0.3, 0.4) is 0 Å². The number of nitrogens with zero attached hydrogens (tertiary/aromatic N) is 1. The number of rotatable bonds is 5. The minimum atomic E-state index is 0.209. The van der Waals surface area contributed by atoms with Crippen LogP contribution >= 0.6 is 15.9 Å². The highest BCUT2D eigenvalue weighted by atomic mass is 79.9. The lowest BCUT2D eigenvalue weighted by Crippen LogP contribution is -2.05. The third kappa shape index (κ3) is 4.28. The van der Waals surface area contributed by atoms with Gasteiger partial charge in [-0.25, -0.2) is 0 Å². The van der Waals surface area contributed by atoms with Crippen molar-refractivity contribution < 1.29 is 9.84 Å². The lowest BCUT2D eigenvalue weighted by atomic mass is 10.0. The highest BCUT2D eigenvalue weighted by Gasteiger charge is 2.12. The van der Waals surface area contributed by atoms with Gasteiger partial charge in [-0.05, 0) is 35.9 Å². The Morgan fingerprint density at radius 2 is 1.72 bits per heavy atom. The Bertz CT molecular complexity index is 874. The van der Waals surface area contributed by atoms with E-state index in [-0.39, 0.29) is 5.75 Å². The zero-order chi connectivity index (χ0) is 17.6. The first-order valence-electron chi connectivity index (χ1n) is 7.89. The van der Waals surface area contributed by atoms with Crippen molar-refractivity contribution in [2.24, 2.45) is 4.99 Å². The van der Waals surface area contributed by atoms with E-state index in [0.29, 0.717) is 12.1 Å². The first-order chi connectivity index (χ1) is 12.2. The predicted octanol–water partition coefficient (Wildman–Crippen LogP) is 5.20. The molecule has 25 heavy (non-hydrogen) atoms. The number of aromatic hydroxyl groups is 1. The van der Waals surface area contributed by atoms with Gasteiger partial charge in [-0.15, -0.1) is 0 Å². The Morgan fingerprint density at radius 3 is 2.40 bits per heavy atom. The van der Waals surface area contributed by atoms with Crippen molar-refractivity contribution in [1.82, 2.24) is 0 Å². The number of hydrogen-bond donors (Lipinski definition) is 1. The zero-order valence-corrected chi connectivity index (χ0v) is 15.4. The number of methoxy groups -OCH3 is 1. The van der Waals surface area contributed by atoms with Crippen LogP contribution in [0.2, 0.25) is 0 Å². The second-order valence-electron chi connectivity index (χ2n) is 5.54. The first-order valence-corrected chi connectivity index (χ1v) is 8.68. The number of hydrogen-bond acceptors (Lipinski definition) is 3. The average Bonchev–Trinajstić information content (AvgIpc) is 2.66. The summed E-state index contributed by atoms with van der Waals surface area (Å²) < 4.78 is 6.08. The molecule has 3 nitrogen and oxygen atoms in total. The standard InChI is InChI=1S/C21H18BrNO2/c1-25-18-10-7-15(8-11-18)14-23-21(16-5-3-2-4-6-16)19-13-17(22)9-12-20(19)24/h2-13,24H,14H2,1H3. The van der Waals surface area contributed by atoms with Crippen LogP contribution in [0.1, 0.15) is 16.7 Å². The number of benzene rings is 3. The highest BCUT2D eigenvalue weighted by molar-refractivity contribution is 9.10. The molecule has 0 atom stereocenters. The van der Waals surface area contributed by atoms with E-state index < -0.39 is 0 Å². The number of halogens is 1. The van der Waals surface area contributed by atoms with Crippen molar-refractivity contribution in [3.05, 3.63) is 94.0 Å². The minimum absolute atomic E-state index is 0.209. The van der Waals surface area contributed by atoms with Crippen LogP contribution < -0.4 is 4.74 Å². The van der Waals surface area contributed by atoms with Gasteiger partial charge >= 0.3 is 0 Å². The maximum Gasteiger partial charge on any atom is 0.125 e. The number of phenolic OH excluding ortho intramolecular Hbond substituents is 1. The van der Waals surface area contributed by atoms with Crippen molar-refractivity contribution in [1.29, 1.82) is 0 Å². The quantitative estimate of drug-likeness (QED) is 0.603. The van der Waals surface area contributed by atoms with Gasteiger partial charge in [0.25, 0.3) is 0 Å². The molecule has 0 radical (unpaired) electrons. The summed E-state index contributed by atoms with van der Waals surface area (Å²) >= 11 is 3.47. The maximum atomic E-state index is 10.3. The molecule has 3 aromatic rings. The van der Waals surface area contributed by atoms with Crippen LogP contribution in [0.4, 0.5) is 0 Å². The van der Waals surface area contributed by atoms with E-state index in [1.807, 2.05) is 66.7 Å². The second kappa shape index (κ2) is 7.99. The van der Waals surface area contributed by atoms with Crippen LogP contribution in [-0.4, -0.2) is 17.9 Å². The van der Waals surface area contributed by atoms with Gasteiger partial charge in [0, 0.05) is 15.6 Å². The summed E-state index contributed by atoms with van der Waals surface area (Å²) in [6.07, 6.45) is 0. The Hall–Kier alpha value is -2.59. The lowest BCUT2D eigenvalue weighted by molar-refractivity contribution is 0.414. The molecule has 0 fully saturated rings. The summed E-state index contributed by atoms with van der Waals surface area (Å²) in [4.78, 5) is 4.79. The van der Waals surface area contributed by atoms with Crippen molar-refractivity contribution in [2.75, 3.05) is 7.11 Å². The molecule has 126 valence electrons. The molecule has 0 aliphatic heterocycles. The van der Waals surface area contributed by atoms with Crippen LogP contribution in [-0.2, 0) is 6.54 Å². The molecule has 0 saturated carbocycles. The molecule has 4 heteroatoms. The molecule has 0 bridgehead atoms. The topological polar surface area (TPSA) is 41.8 Å². The van der Waals surface area contributed by atoms with Crippen LogP contribution in [0.5, 0.6) is 11.5 Å². The summed E-state index contributed by atoms with van der Waals surface area (Å²) in [7, 11) is 1.65. The van der Waals surface area contributed by atoms with Crippen LogP contribution in [0.25, 0.3) is 0 Å². The molecule has 1 N–H and O–H groups in total. The summed E-state index contributed by atoms with van der Waals surface area (Å²) in [6, 6.07) is 23.1. The fourth-order valence-electron chi connectivity index (χ4n) is 2.53. The summed E-state index contributed by atoms with van der Waals surface area (Å²) in [5.41, 5.74) is 3.50. The molecular formula is C21H18BrNO2. The average molecular weight is 396 g/mol. The summed E-state index contributed by atoms with van der Waals surface area (Å²) in [5, 5.41) is 10.3. The second-order valence-corrected chi connectivity index (χ2v) is 6.46. The van der Waals surface area contributed by atoms with Crippen LogP contribution in [0.15, 0.2) is 82.3 Å². The van der Waals surface area contributed by atoms with Crippen LogP contribution in [0, 0.1) is 0 Å². The number of phenols is 1. The fourth-order valence-corrected chi connectivity index (χ4v) is 2.89. The predicted molar refractivity (Wildman–Crippen MR) is 105 cm³/mol. The van der Waals surface area contributed by atoms with E-state index in [1.165, 1.54) is 0 Å². The molecular weight excluding hydrogens is 378 g/mol. The number of aliphatic imine (C=N–C) groups is 1. The monoisotopic (exact) mass is 395 g/mol. The maximum absolute atomic E-state index is 10.3. The molecule has 0 unspecified atom stereocenters. The van der Waals surface area contributed by atoms with Gasteiger partial charge in [-0.2, -0.15) is 0 Å². The van der Waals surface area contributed by atoms with Gasteiger partial charge in [0.15, 0.2) is 0 Å². The van der Waals surface area contributed by atoms with Crippen molar-refractivity contribution >= 4 is 21.6 Å². The Balaban J connectivity index is 2.00. The molecule has 3 rings (SSSR count). The Morgan fingerprint density at radius 1 is 1.00 bits per heavy atom. The molecule has 3 aromatic carbocycles. The molecule has 0 aliphatic rings. The molecule has 0 spiro atoms. The first kappa shape index (κ1) is 17.2. The fraction of sp³-hybridized carbons (Fsp3) is 0.0952. The third-order valence-electron chi connectivity index (χ3n) is 3.84. The van der Waals surface area contributed by atoms with Gasteiger partial charge in [-0.1, -0.05) is 58.4 Å². The largest absolute Gasteiger partial charge is 0.507 e. The number of ether oxygens (including phenoxy) is 1. The smallest absolute Gasteiger partial charge is 0.125 e. The molecule has 0 aliphatic carbocycles. The Kier molecular flexibility index (Phi) is 5.51. The van der Waals surface area contributed by atoms with E-state index in [2.05, 4.69) is 15.9 Å². The van der Waals surface area contributed by atoms with E-state index >= 15 is 0 Å². The Labute approximate surface area is 155 Å².